The maximum absolute atomic E-state index is 13.1. The quantitative estimate of drug-likeness (QED) is 0.719. The van der Waals surface area contributed by atoms with Crippen LogP contribution in [-0.4, -0.2) is 38.6 Å². The molecule has 3 heterocycles. The molecule has 0 fully saturated rings. The number of benzene rings is 1. The molecule has 0 atom stereocenters. The van der Waals surface area contributed by atoms with Gasteiger partial charge >= 0.3 is 0 Å². The molecule has 140 valence electrons. The van der Waals surface area contributed by atoms with Crippen LogP contribution in [0.1, 0.15) is 27.3 Å². The van der Waals surface area contributed by atoms with Crippen molar-refractivity contribution < 1.29 is 13.9 Å². The van der Waals surface area contributed by atoms with Gasteiger partial charge in [-0.2, -0.15) is 10.2 Å². The van der Waals surface area contributed by atoms with Crippen molar-refractivity contribution in [2.24, 2.45) is 0 Å². The van der Waals surface area contributed by atoms with E-state index in [0.717, 1.165) is 16.8 Å². The lowest BCUT2D eigenvalue weighted by Crippen LogP contribution is -2.29. The van der Waals surface area contributed by atoms with Crippen LogP contribution in [0.5, 0.6) is 0 Å². The Morgan fingerprint density at radius 3 is 2.93 bits per heavy atom. The first kappa shape index (κ1) is 17.4. The predicted octanol–water partition coefficient (Wildman–Crippen LogP) is 1.77. The van der Waals surface area contributed by atoms with Gasteiger partial charge in [0.1, 0.15) is 5.82 Å². The van der Waals surface area contributed by atoms with Crippen molar-refractivity contribution in [3.8, 4) is 0 Å². The van der Waals surface area contributed by atoms with Gasteiger partial charge in [0.05, 0.1) is 26.3 Å². The smallest absolute Gasteiger partial charge is 0.272 e. The summed E-state index contributed by atoms with van der Waals surface area (Å²) in [7, 11) is 0. The van der Waals surface area contributed by atoms with Crippen LogP contribution in [0, 0.1) is 5.82 Å². The minimum atomic E-state index is -0.271. The Morgan fingerprint density at radius 2 is 2.15 bits per heavy atom. The standard InChI is InChI=1S/C19H20FN5O2/c20-15-4-2-14(3-5-15)12-25-17-6-11-27-13-16(17)18(23-25)19(26)21-8-10-24-9-1-7-22-24/h1-5,7,9H,6,8,10-13H2,(H,21,26). The molecule has 0 radical (unpaired) electrons. The zero-order chi connectivity index (χ0) is 18.6. The van der Waals surface area contributed by atoms with Crippen LogP contribution in [0.2, 0.25) is 0 Å². The Hall–Kier alpha value is -3.00. The third-order valence-electron chi connectivity index (χ3n) is 4.54. The number of halogens is 1. The van der Waals surface area contributed by atoms with E-state index in [-0.39, 0.29) is 11.7 Å². The van der Waals surface area contributed by atoms with Crippen molar-refractivity contribution in [1.29, 1.82) is 0 Å². The summed E-state index contributed by atoms with van der Waals surface area (Å²) in [6, 6.07) is 8.15. The second kappa shape index (κ2) is 7.71. The first-order valence-corrected chi connectivity index (χ1v) is 8.87. The van der Waals surface area contributed by atoms with Gasteiger partial charge in [-0.15, -0.1) is 0 Å². The first-order chi connectivity index (χ1) is 13.2. The summed E-state index contributed by atoms with van der Waals surface area (Å²) in [5, 5.41) is 11.5. The molecular weight excluding hydrogens is 349 g/mol. The molecule has 7 nitrogen and oxygen atoms in total. The molecular formula is C19H20FN5O2. The van der Waals surface area contributed by atoms with Crippen LogP contribution >= 0.6 is 0 Å². The van der Waals surface area contributed by atoms with E-state index < -0.39 is 0 Å². The number of carbonyl (C=O) groups is 1. The SMILES string of the molecule is O=C(NCCn1cccn1)c1nn(Cc2ccc(F)cc2)c2c1COCC2. The van der Waals surface area contributed by atoms with Crippen LogP contribution in [0.3, 0.4) is 0 Å². The normalized spacial score (nSPS) is 13.4. The predicted molar refractivity (Wildman–Crippen MR) is 95.6 cm³/mol. The van der Waals surface area contributed by atoms with Gasteiger partial charge in [-0.05, 0) is 23.8 Å². The molecule has 8 heteroatoms. The van der Waals surface area contributed by atoms with Crippen LogP contribution in [0.15, 0.2) is 42.7 Å². The van der Waals surface area contributed by atoms with E-state index in [1.54, 1.807) is 23.0 Å². The fourth-order valence-corrected chi connectivity index (χ4v) is 3.18. The summed E-state index contributed by atoms with van der Waals surface area (Å²) in [6.45, 7) is 2.51. The molecule has 1 aliphatic heterocycles. The van der Waals surface area contributed by atoms with Gasteiger partial charge in [0, 0.05) is 36.6 Å². The average molecular weight is 369 g/mol. The molecule has 0 saturated heterocycles. The minimum Gasteiger partial charge on any atom is -0.376 e. The summed E-state index contributed by atoms with van der Waals surface area (Å²) in [6.07, 6.45) is 4.25. The summed E-state index contributed by atoms with van der Waals surface area (Å²) >= 11 is 0. The number of hydrogen-bond donors (Lipinski definition) is 1. The fraction of sp³-hybridized carbons (Fsp3) is 0.316. The van der Waals surface area contributed by atoms with E-state index in [1.807, 2.05) is 16.9 Å². The fourth-order valence-electron chi connectivity index (χ4n) is 3.18. The number of ether oxygens (including phenoxy) is 1. The lowest BCUT2D eigenvalue weighted by Gasteiger charge is -2.15. The molecule has 0 spiro atoms. The number of rotatable bonds is 6. The van der Waals surface area contributed by atoms with Crippen molar-refractivity contribution in [1.82, 2.24) is 24.9 Å². The highest BCUT2D eigenvalue weighted by Crippen LogP contribution is 2.22. The van der Waals surface area contributed by atoms with Crippen LogP contribution in [0.25, 0.3) is 0 Å². The molecule has 3 aromatic rings. The Morgan fingerprint density at radius 1 is 1.30 bits per heavy atom. The summed E-state index contributed by atoms with van der Waals surface area (Å²) in [5.74, 6) is -0.492. The lowest BCUT2D eigenvalue weighted by molar-refractivity contribution is 0.0923. The maximum atomic E-state index is 13.1. The number of fused-ring (bicyclic) bond motifs is 1. The average Bonchev–Trinajstić information content (AvgIpc) is 3.32. The van der Waals surface area contributed by atoms with Crippen molar-refractivity contribution in [2.45, 2.75) is 26.1 Å². The molecule has 2 aromatic heterocycles. The number of nitrogens with one attached hydrogen (secondary N) is 1. The molecule has 1 aromatic carbocycles. The van der Waals surface area contributed by atoms with Gasteiger partial charge in [-0.3, -0.25) is 14.2 Å². The van der Waals surface area contributed by atoms with Crippen LogP contribution in [0.4, 0.5) is 4.39 Å². The number of carbonyl (C=O) groups excluding carboxylic acids is 1. The topological polar surface area (TPSA) is 74.0 Å². The highest BCUT2D eigenvalue weighted by Gasteiger charge is 2.25. The van der Waals surface area contributed by atoms with Gasteiger partial charge in [0.15, 0.2) is 5.69 Å². The van der Waals surface area contributed by atoms with Crippen LogP contribution in [-0.2, 0) is 30.9 Å². The molecule has 0 aliphatic carbocycles. The Balaban J connectivity index is 1.50. The molecule has 0 saturated carbocycles. The minimum absolute atomic E-state index is 0.221. The molecule has 1 amide bonds. The summed E-state index contributed by atoms with van der Waals surface area (Å²) in [4.78, 5) is 12.6. The van der Waals surface area contributed by atoms with E-state index in [1.165, 1.54) is 12.1 Å². The number of amides is 1. The van der Waals surface area contributed by atoms with Crippen LogP contribution < -0.4 is 5.32 Å². The van der Waals surface area contributed by atoms with E-state index in [0.29, 0.717) is 45.0 Å². The Labute approximate surface area is 155 Å². The molecule has 0 unspecified atom stereocenters. The summed E-state index contributed by atoms with van der Waals surface area (Å²) in [5.41, 5.74) is 3.16. The first-order valence-electron chi connectivity index (χ1n) is 8.87. The van der Waals surface area contributed by atoms with Crippen molar-refractivity contribution in [3.63, 3.8) is 0 Å². The third kappa shape index (κ3) is 3.90. The molecule has 1 aliphatic rings. The van der Waals surface area contributed by atoms with Crippen molar-refractivity contribution in [3.05, 3.63) is 71.1 Å². The summed E-state index contributed by atoms with van der Waals surface area (Å²) < 4.78 is 22.2. The monoisotopic (exact) mass is 369 g/mol. The molecule has 4 rings (SSSR count). The molecule has 1 N–H and O–H groups in total. The zero-order valence-corrected chi connectivity index (χ0v) is 14.8. The Kier molecular flexibility index (Phi) is 4.97. The second-order valence-electron chi connectivity index (χ2n) is 6.39. The van der Waals surface area contributed by atoms with Gasteiger partial charge in [-0.25, -0.2) is 4.39 Å². The maximum Gasteiger partial charge on any atom is 0.272 e. The highest BCUT2D eigenvalue weighted by molar-refractivity contribution is 5.94. The Bertz CT molecular complexity index is 918. The van der Waals surface area contributed by atoms with E-state index in [2.05, 4.69) is 15.5 Å². The molecule has 27 heavy (non-hydrogen) atoms. The number of aromatic nitrogens is 4. The van der Waals surface area contributed by atoms with E-state index in [9.17, 15) is 9.18 Å². The number of nitrogens with zero attached hydrogens (tertiary/aromatic N) is 4. The van der Waals surface area contributed by atoms with Gasteiger partial charge < -0.3 is 10.1 Å². The van der Waals surface area contributed by atoms with Gasteiger partial charge in [-0.1, -0.05) is 12.1 Å². The van der Waals surface area contributed by atoms with Gasteiger partial charge in [0.2, 0.25) is 0 Å². The van der Waals surface area contributed by atoms with E-state index in [4.69, 9.17) is 4.74 Å². The van der Waals surface area contributed by atoms with Gasteiger partial charge in [0.25, 0.3) is 5.91 Å². The zero-order valence-electron chi connectivity index (χ0n) is 14.8. The lowest BCUT2D eigenvalue weighted by atomic mass is 10.1. The number of hydrogen-bond acceptors (Lipinski definition) is 4. The van der Waals surface area contributed by atoms with E-state index >= 15 is 0 Å². The third-order valence-corrected chi connectivity index (χ3v) is 4.54. The van der Waals surface area contributed by atoms with Crippen molar-refractivity contribution in [2.75, 3.05) is 13.2 Å². The largest absolute Gasteiger partial charge is 0.376 e. The van der Waals surface area contributed by atoms with Crippen molar-refractivity contribution >= 4 is 5.91 Å². The highest BCUT2D eigenvalue weighted by atomic mass is 19.1. The molecule has 0 bridgehead atoms. The second-order valence-corrected chi connectivity index (χ2v) is 6.39.